The number of rotatable bonds is 5. The Balaban J connectivity index is 2.72. The van der Waals surface area contributed by atoms with Crippen molar-refractivity contribution < 1.29 is 9.47 Å². The maximum absolute atomic E-state index is 12.1. The second-order valence-corrected chi connectivity index (χ2v) is 5.60. The number of hydrogen-bond donors (Lipinski definition) is 1. The van der Waals surface area contributed by atoms with Gasteiger partial charge in [0.1, 0.15) is 11.5 Å². The molecule has 0 amide bonds. The van der Waals surface area contributed by atoms with Crippen LogP contribution in [-0.2, 0) is 13.6 Å². The van der Waals surface area contributed by atoms with Crippen LogP contribution in [0.2, 0.25) is 0 Å². The highest BCUT2D eigenvalue weighted by atomic mass is 16.5. The molecule has 0 saturated heterocycles. The van der Waals surface area contributed by atoms with Gasteiger partial charge in [-0.2, -0.15) is 0 Å². The Morgan fingerprint density at radius 2 is 1.65 bits per heavy atom. The number of methoxy groups -OCH3 is 2. The van der Waals surface area contributed by atoms with Crippen molar-refractivity contribution in [3.8, 4) is 22.6 Å². The van der Waals surface area contributed by atoms with Gasteiger partial charge in [-0.15, -0.1) is 0 Å². The highest BCUT2D eigenvalue weighted by Gasteiger charge is 2.16. The quantitative estimate of drug-likeness (QED) is 0.920. The molecular formula is C18H24N2O3. The lowest BCUT2D eigenvalue weighted by Gasteiger charge is -2.17. The molecule has 2 rings (SSSR count). The van der Waals surface area contributed by atoms with E-state index in [0.717, 1.165) is 39.3 Å². The predicted octanol–water partition coefficient (Wildman–Crippen LogP) is 2.41. The van der Waals surface area contributed by atoms with E-state index >= 15 is 0 Å². The number of benzene rings is 1. The maximum atomic E-state index is 12.1. The molecule has 0 radical (unpaired) electrons. The molecule has 0 aliphatic rings. The Labute approximate surface area is 136 Å². The Kier molecular flexibility index (Phi) is 5.11. The standard InChI is InChI=1S/C18H24N2O3/c1-11-12(2)18(21)20(4)10-15(11)13-7-16(22-5)14(9-19-3)17(8-13)23-6/h7-8,10,19H,9H2,1-6H3. The third kappa shape index (κ3) is 3.10. The van der Waals surface area contributed by atoms with Crippen LogP contribution in [0, 0.1) is 13.8 Å². The predicted molar refractivity (Wildman–Crippen MR) is 92.5 cm³/mol. The van der Waals surface area contributed by atoms with Gasteiger partial charge in [0.05, 0.1) is 14.2 Å². The number of aryl methyl sites for hydroxylation is 1. The summed E-state index contributed by atoms with van der Waals surface area (Å²) in [5, 5.41) is 3.12. The number of pyridine rings is 1. The molecule has 0 atom stereocenters. The van der Waals surface area contributed by atoms with E-state index in [4.69, 9.17) is 9.47 Å². The van der Waals surface area contributed by atoms with Crippen LogP contribution in [-0.4, -0.2) is 25.8 Å². The van der Waals surface area contributed by atoms with Gasteiger partial charge in [-0.1, -0.05) is 0 Å². The molecule has 1 heterocycles. The first-order valence-corrected chi connectivity index (χ1v) is 7.51. The first-order chi connectivity index (χ1) is 10.9. The van der Waals surface area contributed by atoms with Gasteiger partial charge in [-0.05, 0) is 44.2 Å². The molecule has 1 aromatic carbocycles. The molecule has 0 bridgehead atoms. The van der Waals surface area contributed by atoms with Gasteiger partial charge in [-0.3, -0.25) is 4.79 Å². The van der Waals surface area contributed by atoms with Gasteiger partial charge in [0.25, 0.3) is 5.56 Å². The molecule has 2 aromatic rings. The topological polar surface area (TPSA) is 52.5 Å². The summed E-state index contributed by atoms with van der Waals surface area (Å²) >= 11 is 0. The average molecular weight is 316 g/mol. The van der Waals surface area contributed by atoms with E-state index in [1.54, 1.807) is 25.8 Å². The van der Waals surface area contributed by atoms with E-state index in [1.807, 2.05) is 39.2 Å². The number of nitrogens with zero attached hydrogens (tertiary/aromatic N) is 1. The third-order valence-corrected chi connectivity index (χ3v) is 4.20. The first kappa shape index (κ1) is 17.1. The van der Waals surface area contributed by atoms with Crippen molar-refractivity contribution in [3.63, 3.8) is 0 Å². The van der Waals surface area contributed by atoms with Crippen molar-refractivity contribution in [2.45, 2.75) is 20.4 Å². The van der Waals surface area contributed by atoms with E-state index in [-0.39, 0.29) is 5.56 Å². The molecule has 5 nitrogen and oxygen atoms in total. The van der Waals surface area contributed by atoms with Crippen molar-refractivity contribution in [2.75, 3.05) is 21.3 Å². The Morgan fingerprint density at radius 1 is 1.09 bits per heavy atom. The van der Waals surface area contributed by atoms with E-state index in [1.165, 1.54) is 0 Å². The Morgan fingerprint density at radius 3 is 2.13 bits per heavy atom. The summed E-state index contributed by atoms with van der Waals surface area (Å²) in [6.45, 7) is 4.47. The molecule has 0 aliphatic heterocycles. The number of aromatic nitrogens is 1. The summed E-state index contributed by atoms with van der Waals surface area (Å²) in [6, 6.07) is 3.98. The van der Waals surface area contributed by atoms with Gasteiger partial charge < -0.3 is 19.4 Å². The molecule has 1 aromatic heterocycles. The minimum Gasteiger partial charge on any atom is -0.496 e. The summed E-state index contributed by atoms with van der Waals surface area (Å²) in [6.07, 6.45) is 1.86. The zero-order valence-corrected chi connectivity index (χ0v) is 14.6. The fourth-order valence-corrected chi connectivity index (χ4v) is 2.76. The van der Waals surface area contributed by atoms with Crippen molar-refractivity contribution in [1.29, 1.82) is 0 Å². The minimum absolute atomic E-state index is 0.0250. The summed E-state index contributed by atoms with van der Waals surface area (Å²) < 4.78 is 12.7. The zero-order chi connectivity index (χ0) is 17.1. The van der Waals surface area contributed by atoms with Gasteiger partial charge in [-0.25, -0.2) is 0 Å². The molecule has 124 valence electrons. The highest BCUT2D eigenvalue weighted by molar-refractivity contribution is 5.72. The smallest absolute Gasteiger partial charge is 0.253 e. The number of hydrogen-bond acceptors (Lipinski definition) is 4. The molecule has 0 unspecified atom stereocenters. The first-order valence-electron chi connectivity index (χ1n) is 7.51. The summed E-state index contributed by atoms with van der Waals surface area (Å²) in [4.78, 5) is 12.1. The highest BCUT2D eigenvalue weighted by Crippen LogP contribution is 2.36. The van der Waals surface area contributed by atoms with E-state index in [2.05, 4.69) is 5.32 Å². The summed E-state index contributed by atoms with van der Waals surface area (Å²) in [5.74, 6) is 1.53. The van der Waals surface area contributed by atoms with Crippen LogP contribution >= 0.6 is 0 Å². The van der Waals surface area contributed by atoms with Crippen LogP contribution in [0.1, 0.15) is 16.7 Å². The second kappa shape index (κ2) is 6.87. The fraction of sp³-hybridized carbons (Fsp3) is 0.389. The van der Waals surface area contributed by atoms with Crippen molar-refractivity contribution >= 4 is 0 Å². The second-order valence-electron chi connectivity index (χ2n) is 5.60. The van der Waals surface area contributed by atoms with E-state index < -0.39 is 0 Å². The SMILES string of the molecule is CNCc1c(OC)cc(-c2cn(C)c(=O)c(C)c2C)cc1OC. The average Bonchev–Trinajstić information content (AvgIpc) is 2.56. The number of ether oxygens (including phenoxy) is 2. The lowest BCUT2D eigenvalue weighted by molar-refractivity contribution is 0.384. The van der Waals surface area contributed by atoms with Crippen LogP contribution < -0.4 is 20.3 Å². The maximum Gasteiger partial charge on any atom is 0.253 e. The van der Waals surface area contributed by atoms with Crippen LogP contribution in [0.4, 0.5) is 0 Å². The summed E-state index contributed by atoms with van der Waals surface area (Å²) in [5.41, 5.74) is 4.69. The molecule has 0 saturated carbocycles. The Hall–Kier alpha value is -2.27. The van der Waals surface area contributed by atoms with E-state index in [0.29, 0.717) is 6.54 Å². The van der Waals surface area contributed by atoms with Gasteiger partial charge in [0, 0.05) is 36.5 Å². The molecule has 0 spiro atoms. The normalized spacial score (nSPS) is 10.7. The van der Waals surface area contributed by atoms with Crippen LogP contribution in [0.3, 0.4) is 0 Å². The molecule has 0 aliphatic carbocycles. The van der Waals surface area contributed by atoms with Crippen LogP contribution in [0.5, 0.6) is 11.5 Å². The lowest BCUT2D eigenvalue weighted by Crippen LogP contribution is -2.20. The molecule has 5 heteroatoms. The number of nitrogens with one attached hydrogen (secondary N) is 1. The fourth-order valence-electron chi connectivity index (χ4n) is 2.76. The Bertz CT molecular complexity index is 754. The van der Waals surface area contributed by atoms with Gasteiger partial charge in [0.15, 0.2) is 0 Å². The van der Waals surface area contributed by atoms with Gasteiger partial charge >= 0.3 is 0 Å². The minimum atomic E-state index is 0.0250. The monoisotopic (exact) mass is 316 g/mol. The molecule has 23 heavy (non-hydrogen) atoms. The van der Waals surface area contributed by atoms with Gasteiger partial charge in [0.2, 0.25) is 0 Å². The van der Waals surface area contributed by atoms with Crippen molar-refractivity contribution in [2.24, 2.45) is 7.05 Å². The largest absolute Gasteiger partial charge is 0.496 e. The van der Waals surface area contributed by atoms with Crippen LogP contribution in [0.25, 0.3) is 11.1 Å². The van der Waals surface area contributed by atoms with Crippen LogP contribution in [0.15, 0.2) is 23.1 Å². The molecular weight excluding hydrogens is 292 g/mol. The lowest BCUT2D eigenvalue weighted by atomic mass is 9.97. The van der Waals surface area contributed by atoms with E-state index in [9.17, 15) is 4.79 Å². The zero-order valence-electron chi connectivity index (χ0n) is 14.6. The molecule has 1 N–H and O–H groups in total. The third-order valence-electron chi connectivity index (χ3n) is 4.20. The van der Waals surface area contributed by atoms with Crippen molar-refractivity contribution in [1.82, 2.24) is 9.88 Å². The summed E-state index contributed by atoms with van der Waals surface area (Å²) in [7, 11) is 6.95. The molecule has 0 fully saturated rings. The van der Waals surface area contributed by atoms with Crippen molar-refractivity contribution in [3.05, 3.63) is 45.4 Å².